The molecular formula is C13H14N4O2S. The molecule has 0 aliphatic rings. The average Bonchev–Trinajstić information content (AvgIpc) is 2.82. The minimum atomic E-state index is -0.490. The van der Waals surface area contributed by atoms with Crippen LogP contribution in [0.5, 0.6) is 0 Å². The molecule has 2 rings (SSSR count). The van der Waals surface area contributed by atoms with Crippen LogP contribution < -0.4 is 16.8 Å². The predicted octanol–water partition coefficient (Wildman–Crippen LogP) is 0.683. The molecule has 0 spiro atoms. The summed E-state index contributed by atoms with van der Waals surface area (Å²) in [6, 6.07) is 6.82. The van der Waals surface area contributed by atoms with Crippen LogP contribution in [0.1, 0.15) is 21.6 Å². The molecule has 2 amide bonds. The van der Waals surface area contributed by atoms with Crippen molar-refractivity contribution < 1.29 is 9.59 Å². The monoisotopic (exact) mass is 290 g/mol. The molecular weight excluding hydrogens is 276 g/mol. The Kier molecular flexibility index (Phi) is 4.31. The summed E-state index contributed by atoms with van der Waals surface area (Å²) in [6.07, 6.45) is 0.184. The van der Waals surface area contributed by atoms with Crippen LogP contribution in [0.4, 0.5) is 5.13 Å². The Morgan fingerprint density at radius 1 is 1.35 bits per heavy atom. The Balaban J connectivity index is 1.90. The highest BCUT2D eigenvalue weighted by molar-refractivity contribution is 7.13. The van der Waals surface area contributed by atoms with Crippen LogP contribution in [0.25, 0.3) is 0 Å². The van der Waals surface area contributed by atoms with Crippen LogP contribution in [0, 0.1) is 0 Å². The van der Waals surface area contributed by atoms with E-state index in [2.05, 4.69) is 10.3 Å². The van der Waals surface area contributed by atoms with Gasteiger partial charge in [0.15, 0.2) is 5.13 Å². The van der Waals surface area contributed by atoms with Crippen molar-refractivity contribution in [1.29, 1.82) is 0 Å². The van der Waals surface area contributed by atoms with Crippen molar-refractivity contribution in [3.63, 3.8) is 0 Å². The van der Waals surface area contributed by atoms with Crippen molar-refractivity contribution in [2.45, 2.75) is 13.0 Å². The lowest BCUT2D eigenvalue weighted by Crippen LogP contribution is -2.25. The molecule has 0 radical (unpaired) electrons. The number of hydrogen-bond acceptors (Lipinski definition) is 5. The van der Waals surface area contributed by atoms with Crippen molar-refractivity contribution in [3.05, 3.63) is 46.5 Å². The summed E-state index contributed by atoms with van der Waals surface area (Å²) in [4.78, 5) is 26.8. The summed E-state index contributed by atoms with van der Waals surface area (Å²) >= 11 is 1.30. The van der Waals surface area contributed by atoms with Gasteiger partial charge >= 0.3 is 0 Å². The number of rotatable bonds is 5. The van der Waals surface area contributed by atoms with Crippen LogP contribution in [-0.4, -0.2) is 16.8 Å². The summed E-state index contributed by atoms with van der Waals surface area (Å²) in [5, 5.41) is 4.95. The van der Waals surface area contributed by atoms with Gasteiger partial charge in [-0.3, -0.25) is 9.59 Å². The van der Waals surface area contributed by atoms with E-state index in [0.29, 0.717) is 22.9 Å². The molecule has 1 aromatic carbocycles. The topological polar surface area (TPSA) is 111 Å². The molecule has 104 valence electrons. The maximum atomic E-state index is 11.7. The van der Waals surface area contributed by atoms with E-state index >= 15 is 0 Å². The molecule has 1 heterocycles. The van der Waals surface area contributed by atoms with E-state index in [1.54, 1.807) is 23.6 Å². The number of carbonyl (C=O) groups is 2. The molecule has 7 heteroatoms. The number of thiazole rings is 1. The quantitative estimate of drug-likeness (QED) is 0.752. The van der Waals surface area contributed by atoms with Gasteiger partial charge in [-0.25, -0.2) is 4.98 Å². The second-order valence-corrected chi connectivity index (χ2v) is 5.08. The molecule has 0 fully saturated rings. The van der Waals surface area contributed by atoms with E-state index in [-0.39, 0.29) is 12.3 Å². The van der Waals surface area contributed by atoms with E-state index in [1.807, 2.05) is 6.07 Å². The standard InChI is InChI=1S/C13H14N4O2S/c14-12(19)9-3-1-2-8(4-9)6-16-11(18)5-10-7-20-13(15)17-10/h1-4,7H,5-6H2,(H2,14,19)(H2,15,17)(H,16,18). The van der Waals surface area contributed by atoms with Crippen molar-refractivity contribution in [1.82, 2.24) is 10.3 Å². The lowest BCUT2D eigenvalue weighted by atomic mass is 10.1. The molecule has 0 aliphatic heterocycles. The zero-order valence-electron chi connectivity index (χ0n) is 10.6. The number of benzene rings is 1. The van der Waals surface area contributed by atoms with E-state index in [0.717, 1.165) is 5.56 Å². The van der Waals surface area contributed by atoms with Crippen molar-refractivity contribution in [2.24, 2.45) is 5.73 Å². The lowest BCUT2D eigenvalue weighted by molar-refractivity contribution is -0.120. The molecule has 1 aromatic heterocycles. The maximum Gasteiger partial charge on any atom is 0.248 e. The van der Waals surface area contributed by atoms with Gasteiger partial charge in [0.25, 0.3) is 0 Å². The smallest absolute Gasteiger partial charge is 0.248 e. The van der Waals surface area contributed by atoms with Gasteiger partial charge < -0.3 is 16.8 Å². The van der Waals surface area contributed by atoms with Gasteiger partial charge in [0.05, 0.1) is 12.1 Å². The number of nitrogens with zero attached hydrogens (tertiary/aromatic N) is 1. The number of amides is 2. The molecule has 0 bridgehead atoms. The molecule has 6 nitrogen and oxygen atoms in total. The highest BCUT2D eigenvalue weighted by Crippen LogP contribution is 2.11. The number of nitrogens with two attached hydrogens (primary N) is 2. The first-order valence-electron chi connectivity index (χ1n) is 5.90. The predicted molar refractivity (Wildman–Crippen MR) is 77.0 cm³/mol. The van der Waals surface area contributed by atoms with E-state index in [1.165, 1.54) is 11.3 Å². The second kappa shape index (κ2) is 6.16. The molecule has 5 N–H and O–H groups in total. The Morgan fingerprint density at radius 3 is 2.80 bits per heavy atom. The second-order valence-electron chi connectivity index (χ2n) is 4.20. The van der Waals surface area contributed by atoms with Gasteiger partial charge in [0, 0.05) is 17.5 Å². The minimum absolute atomic E-state index is 0.153. The fraction of sp³-hybridized carbons (Fsp3) is 0.154. The number of nitrogen functional groups attached to an aromatic ring is 1. The van der Waals surface area contributed by atoms with Crippen LogP contribution >= 0.6 is 11.3 Å². The lowest BCUT2D eigenvalue weighted by Gasteiger charge is -2.05. The van der Waals surface area contributed by atoms with Crippen LogP contribution in [-0.2, 0) is 17.8 Å². The molecule has 0 atom stereocenters. The Labute approximate surface area is 119 Å². The summed E-state index contributed by atoms with van der Waals surface area (Å²) in [5.74, 6) is -0.643. The van der Waals surface area contributed by atoms with Crippen molar-refractivity contribution >= 4 is 28.3 Å². The number of anilines is 1. The Bertz CT molecular complexity index is 639. The van der Waals surface area contributed by atoms with Gasteiger partial charge in [-0.1, -0.05) is 12.1 Å². The highest BCUT2D eigenvalue weighted by atomic mass is 32.1. The van der Waals surface area contributed by atoms with E-state index < -0.39 is 5.91 Å². The molecule has 0 saturated carbocycles. The molecule has 20 heavy (non-hydrogen) atoms. The molecule has 0 aliphatic carbocycles. The van der Waals surface area contributed by atoms with Crippen LogP contribution in [0.15, 0.2) is 29.6 Å². The minimum Gasteiger partial charge on any atom is -0.375 e. The zero-order valence-corrected chi connectivity index (χ0v) is 11.4. The van der Waals surface area contributed by atoms with Crippen LogP contribution in [0.3, 0.4) is 0 Å². The average molecular weight is 290 g/mol. The summed E-state index contributed by atoms with van der Waals surface area (Å²) in [5.41, 5.74) is 12.6. The largest absolute Gasteiger partial charge is 0.375 e. The third kappa shape index (κ3) is 3.79. The third-order valence-electron chi connectivity index (χ3n) is 2.61. The molecule has 0 saturated heterocycles. The van der Waals surface area contributed by atoms with Crippen LogP contribution in [0.2, 0.25) is 0 Å². The number of aromatic nitrogens is 1. The van der Waals surface area contributed by atoms with Gasteiger partial charge in [-0.15, -0.1) is 11.3 Å². The molecule has 0 unspecified atom stereocenters. The number of carbonyl (C=O) groups excluding carboxylic acids is 2. The fourth-order valence-electron chi connectivity index (χ4n) is 1.67. The first kappa shape index (κ1) is 14.0. The van der Waals surface area contributed by atoms with Gasteiger partial charge in [0.1, 0.15) is 0 Å². The number of nitrogens with one attached hydrogen (secondary N) is 1. The van der Waals surface area contributed by atoms with Gasteiger partial charge in [-0.2, -0.15) is 0 Å². The SMILES string of the molecule is NC(=O)c1cccc(CNC(=O)Cc2csc(N)n2)c1. The van der Waals surface area contributed by atoms with E-state index in [4.69, 9.17) is 11.5 Å². The first-order chi connectivity index (χ1) is 9.54. The Morgan fingerprint density at radius 2 is 2.15 bits per heavy atom. The number of primary amides is 1. The highest BCUT2D eigenvalue weighted by Gasteiger charge is 2.07. The summed E-state index contributed by atoms with van der Waals surface area (Å²) < 4.78 is 0. The zero-order chi connectivity index (χ0) is 14.5. The molecule has 2 aromatic rings. The number of hydrogen-bond donors (Lipinski definition) is 3. The maximum absolute atomic E-state index is 11.7. The third-order valence-corrected chi connectivity index (χ3v) is 3.34. The summed E-state index contributed by atoms with van der Waals surface area (Å²) in [7, 11) is 0. The normalized spacial score (nSPS) is 10.2. The van der Waals surface area contributed by atoms with Gasteiger partial charge in [-0.05, 0) is 17.7 Å². The summed E-state index contributed by atoms with van der Waals surface area (Å²) in [6.45, 7) is 0.333. The van der Waals surface area contributed by atoms with Crippen molar-refractivity contribution in [3.8, 4) is 0 Å². The fourth-order valence-corrected chi connectivity index (χ4v) is 2.23. The van der Waals surface area contributed by atoms with Gasteiger partial charge in [0.2, 0.25) is 11.8 Å². The first-order valence-corrected chi connectivity index (χ1v) is 6.78. The van der Waals surface area contributed by atoms with Crippen molar-refractivity contribution in [2.75, 3.05) is 5.73 Å². The Hall–Kier alpha value is -2.41. The van der Waals surface area contributed by atoms with E-state index in [9.17, 15) is 9.59 Å².